The molecular weight excluding hydrogens is 236 g/mol. The van der Waals surface area contributed by atoms with Gasteiger partial charge in [-0.2, -0.15) is 0 Å². The minimum Gasteiger partial charge on any atom is -0.314 e. The summed E-state index contributed by atoms with van der Waals surface area (Å²) in [5.41, 5.74) is 0. The van der Waals surface area contributed by atoms with Crippen LogP contribution in [0.15, 0.2) is 0 Å². The van der Waals surface area contributed by atoms with E-state index in [1.165, 1.54) is 25.5 Å². The molecule has 0 amide bonds. The molecule has 0 bridgehead atoms. The van der Waals surface area contributed by atoms with Crippen LogP contribution in [0.25, 0.3) is 0 Å². The maximum Gasteiger partial charge on any atom is 0.147 e. The molecule has 0 spiro atoms. The number of piperidine rings is 1. The fraction of sp³-hybridized carbons (Fsp3) is 1.00. The van der Waals surface area contributed by atoms with Crippen molar-refractivity contribution in [2.75, 3.05) is 38.2 Å². The summed E-state index contributed by atoms with van der Waals surface area (Å²) in [7, 11) is -2.79. The van der Waals surface area contributed by atoms with Crippen LogP contribution in [0.1, 0.15) is 32.6 Å². The van der Waals surface area contributed by atoms with Crippen molar-refractivity contribution < 1.29 is 8.42 Å². The average molecular weight is 262 g/mol. The van der Waals surface area contributed by atoms with E-state index in [0.29, 0.717) is 11.8 Å². The summed E-state index contributed by atoms with van der Waals surface area (Å²) in [5, 5.41) is 3.55. The van der Waals surface area contributed by atoms with Crippen molar-refractivity contribution in [3.63, 3.8) is 0 Å². The van der Waals surface area contributed by atoms with Crippen molar-refractivity contribution in [3.05, 3.63) is 0 Å². The van der Waals surface area contributed by atoms with Gasteiger partial charge in [-0.3, -0.25) is 0 Å². The third kappa shape index (κ3) is 7.01. The minimum atomic E-state index is -2.79. The van der Waals surface area contributed by atoms with Crippen LogP contribution < -0.4 is 5.32 Å². The Morgan fingerprint density at radius 2 is 1.94 bits per heavy atom. The molecule has 4 nitrogen and oxygen atoms in total. The second kappa shape index (κ2) is 7.34. The van der Waals surface area contributed by atoms with Gasteiger partial charge in [0.1, 0.15) is 9.84 Å². The van der Waals surface area contributed by atoms with Crippen molar-refractivity contribution in [1.29, 1.82) is 0 Å². The Kier molecular flexibility index (Phi) is 6.44. The van der Waals surface area contributed by atoms with E-state index in [4.69, 9.17) is 0 Å². The lowest BCUT2D eigenvalue weighted by Gasteiger charge is -2.32. The molecule has 1 fully saturated rings. The Balaban J connectivity index is 2.11. The normalized spacial score (nSPS) is 19.6. The Morgan fingerprint density at radius 1 is 1.29 bits per heavy atom. The Bertz CT molecular complexity index is 296. The van der Waals surface area contributed by atoms with Gasteiger partial charge >= 0.3 is 0 Å². The number of hydrogen-bond donors (Lipinski definition) is 1. The first-order valence-corrected chi connectivity index (χ1v) is 8.71. The summed E-state index contributed by atoms with van der Waals surface area (Å²) in [5.74, 6) is 0.320. The van der Waals surface area contributed by atoms with Crippen molar-refractivity contribution in [2.24, 2.45) is 0 Å². The highest BCUT2D eigenvalue weighted by Crippen LogP contribution is 2.10. The average Bonchev–Trinajstić information content (AvgIpc) is 2.26. The van der Waals surface area contributed by atoms with E-state index in [9.17, 15) is 8.42 Å². The molecule has 0 atom stereocenters. The van der Waals surface area contributed by atoms with E-state index in [0.717, 1.165) is 32.6 Å². The lowest BCUT2D eigenvalue weighted by Crippen LogP contribution is -2.43. The van der Waals surface area contributed by atoms with E-state index in [1.54, 1.807) is 0 Å². The number of hydrogen-bond acceptors (Lipinski definition) is 4. The smallest absolute Gasteiger partial charge is 0.147 e. The molecule has 0 aromatic carbocycles. The van der Waals surface area contributed by atoms with Crippen LogP contribution in [-0.2, 0) is 9.84 Å². The summed E-state index contributed by atoms with van der Waals surface area (Å²) < 4.78 is 22.0. The van der Waals surface area contributed by atoms with Gasteiger partial charge in [0, 0.05) is 12.3 Å². The maximum atomic E-state index is 11.0. The van der Waals surface area contributed by atoms with Gasteiger partial charge in [-0.05, 0) is 51.9 Å². The first kappa shape index (κ1) is 14.9. The number of nitrogens with zero attached hydrogens (tertiary/aromatic N) is 1. The monoisotopic (exact) mass is 262 g/mol. The zero-order valence-corrected chi connectivity index (χ0v) is 11.9. The van der Waals surface area contributed by atoms with Crippen LogP contribution in [0.2, 0.25) is 0 Å². The van der Waals surface area contributed by atoms with E-state index < -0.39 is 9.84 Å². The van der Waals surface area contributed by atoms with Crippen LogP contribution in [0.5, 0.6) is 0 Å². The van der Waals surface area contributed by atoms with Crippen LogP contribution in [0.4, 0.5) is 0 Å². The molecular formula is C12H26N2O2S. The molecule has 1 saturated heterocycles. The van der Waals surface area contributed by atoms with Crippen LogP contribution in [-0.4, -0.2) is 57.5 Å². The van der Waals surface area contributed by atoms with Crippen LogP contribution >= 0.6 is 0 Å². The first-order valence-electron chi connectivity index (χ1n) is 6.64. The molecule has 0 unspecified atom stereocenters. The fourth-order valence-electron chi connectivity index (χ4n) is 2.26. The number of rotatable bonds is 7. The molecule has 17 heavy (non-hydrogen) atoms. The molecule has 1 N–H and O–H groups in total. The van der Waals surface area contributed by atoms with E-state index in [-0.39, 0.29) is 0 Å². The van der Waals surface area contributed by atoms with Gasteiger partial charge in [0.25, 0.3) is 0 Å². The molecule has 102 valence electrons. The lowest BCUT2D eigenvalue weighted by atomic mass is 10.0. The Hall–Kier alpha value is -0.130. The topological polar surface area (TPSA) is 49.4 Å². The third-order valence-corrected chi connectivity index (χ3v) is 4.29. The van der Waals surface area contributed by atoms with Gasteiger partial charge in [0.2, 0.25) is 0 Å². The molecule has 0 aromatic heterocycles. The zero-order valence-electron chi connectivity index (χ0n) is 11.1. The highest BCUT2D eigenvalue weighted by atomic mass is 32.2. The number of likely N-dealkylation sites (tertiary alicyclic amines) is 1. The van der Waals surface area contributed by atoms with Crippen molar-refractivity contribution in [2.45, 2.75) is 38.6 Å². The summed E-state index contributed by atoms with van der Waals surface area (Å²) in [4.78, 5) is 2.38. The highest BCUT2D eigenvalue weighted by molar-refractivity contribution is 7.90. The predicted molar refractivity (Wildman–Crippen MR) is 72.1 cm³/mol. The second-order valence-corrected chi connectivity index (χ2v) is 7.31. The van der Waals surface area contributed by atoms with Crippen LogP contribution in [0.3, 0.4) is 0 Å². The predicted octanol–water partition coefficient (Wildman–Crippen LogP) is 0.885. The molecule has 1 heterocycles. The fourth-order valence-corrected chi connectivity index (χ4v) is 2.91. The molecule has 0 radical (unpaired) electrons. The van der Waals surface area contributed by atoms with Gasteiger partial charge in [-0.25, -0.2) is 8.42 Å². The highest BCUT2D eigenvalue weighted by Gasteiger charge is 2.18. The van der Waals surface area contributed by atoms with Gasteiger partial charge in [-0.1, -0.05) is 6.92 Å². The van der Waals surface area contributed by atoms with E-state index >= 15 is 0 Å². The molecule has 0 aliphatic carbocycles. The quantitative estimate of drug-likeness (QED) is 0.740. The maximum absolute atomic E-state index is 11.0. The molecule has 1 rings (SSSR count). The Labute approximate surface area is 106 Å². The summed E-state index contributed by atoms with van der Waals surface area (Å²) in [6.07, 6.45) is 5.66. The summed E-state index contributed by atoms with van der Waals surface area (Å²) in [6.45, 7) is 6.43. The second-order valence-electron chi connectivity index (χ2n) is 5.05. The summed E-state index contributed by atoms with van der Waals surface area (Å²) >= 11 is 0. The molecule has 1 aliphatic rings. The first-order chi connectivity index (χ1) is 8.01. The van der Waals surface area contributed by atoms with Crippen molar-refractivity contribution in [3.8, 4) is 0 Å². The van der Waals surface area contributed by atoms with E-state index in [1.807, 2.05) is 0 Å². The Morgan fingerprint density at radius 3 is 2.47 bits per heavy atom. The minimum absolute atomic E-state index is 0.320. The molecule has 0 saturated carbocycles. The number of nitrogens with one attached hydrogen (secondary N) is 1. The van der Waals surface area contributed by atoms with Crippen LogP contribution in [0, 0.1) is 0 Å². The molecule has 5 heteroatoms. The molecule has 1 aliphatic heterocycles. The SMILES string of the molecule is CCCNC1CCN(CCCS(C)(=O)=O)CC1. The van der Waals surface area contributed by atoms with Crippen molar-refractivity contribution in [1.82, 2.24) is 10.2 Å². The largest absolute Gasteiger partial charge is 0.314 e. The zero-order chi connectivity index (χ0) is 12.7. The van der Waals surface area contributed by atoms with Crippen molar-refractivity contribution >= 4 is 9.84 Å². The van der Waals surface area contributed by atoms with Gasteiger partial charge < -0.3 is 10.2 Å². The standard InChI is InChI=1S/C12H26N2O2S/c1-3-7-13-12-5-9-14(10-6-12)8-4-11-17(2,15)16/h12-13H,3-11H2,1-2H3. The van der Waals surface area contributed by atoms with Gasteiger partial charge in [0.15, 0.2) is 0 Å². The lowest BCUT2D eigenvalue weighted by molar-refractivity contribution is 0.198. The third-order valence-electron chi connectivity index (χ3n) is 3.26. The van der Waals surface area contributed by atoms with E-state index in [2.05, 4.69) is 17.1 Å². The van der Waals surface area contributed by atoms with Gasteiger partial charge in [-0.15, -0.1) is 0 Å². The summed E-state index contributed by atoms with van der Waals surface area (Å²) in [6, 6.07) is 0.668. The van der Waals surface area contributed by atoms with Gasteiger partial charge in [0.05, 0.1) is 5.75 Å². The number of sulfone groups is 1. The molecule has 0 aromatic rings.